The second kappa shape index (κ2) is 4.18. The van der Waals surface area contributed by atoms with E-state index in [-0.39, 0.29) is 6.04 Å². The van der Waals surface area contributed by atoms with E-state index in [0.717, 1.165) is 17.1 Å². The fourth-order valence-electron chi connectivity index (χ4n) is 1.72. The van der Waals surface area contributed by atoms with Crippen molar-refractivity contribution in [3.05, 3.63) is 45.5 Å². The number of furan rings is 1. The summed E-state index contributed by atoms with van der Waals surface area (Å²) in [5, 5.41) is 2.04. The molecule has 15 heavy (non-hydrogen) atoms. The van der Waals surface area contributed by atoms with Gasteiger partial charge in [-0.2, -0.15) is 0 Å². The molecule has 3 N–H and O–H groups in total. The lowest BCUT2D eigenvalue weighted by Crippen LogP contribution is -2.28. The monoisotopic (exact) mass is 222 g/mol. The summed E-state index contributed by atoms with van der Waals surface area (Å²) in [7, 11) is 0. The van der Waals surface area contributed by atoms with Crippen LogP contribution in [0.4, 0.5) is 0 Å². The molecule has 3 nitrogen and oxygen atoms in total. The average molecular weight is 222 g/mol. The van der Waals surface area contributed by atoms with Crippen molar-refractivity contribution < 1.29 is 4.42 Å². The van der Waals surface area contributed by atoms with Gasteiger partial charge in [-0.3, -0.25) is 5.84 Å². The van der Waals surface area contributed by atoms with E-state index in [1.807, 2.05) is 31.4 Å². The van der Waals surface area contributed by atoms with Crippen LogP contribution in [0.2, 0.25) is 0 Å². The second-order valence-electron chi connectivity index (χ2n) is 3.48. The lowest BCUT2D eigenvalue weighted by atomic mass is 10.1. The molecule has 2 aromatic heterocycles. The Bertz CT molecular complexity index is 433. The highest BCUT2D eigenvalue weighted by Crippen LogP contribution is 2.29. The van der Waals surface area contributed by atoms with Crippen LogP contribution < -0.4 is 11.3 Å². The third-order valence-electron chi connectivity index (χ3n) is 2.38. The second-order valence-corrected chi connectivity index (χ2v) is 4.46. The minimum absolute atomic E-state index is 0.0300. The van der Waals surface area contributed by atoms with Crippen molar-refractivity contribution in [1.29, 1.82) is 0 Å². The number of rotatable bonds is 3. The molecule has 2 rings (SSSR count). The van der Waals surface area contributed by atoms with Gasteiger partial charge in [-0.25, -0.2) is 5.43 Å². The Kier molecular flexibility index (Phi) is 2.90. The van der Waals surface area contributed by atoms with E-state index in [1.54, 1.807) is 11.3 Å². The number of hydrazine groups is 1. The molecule has 80 valence electrons. The molecule has 0 aliphatic rings. The van der Waals surface area contributed by atoms with Gasteiger partial charge in [-0.15, -0.1) is 11.3 Å². The van der Waals surface area contributed by atoms with E-state index in [0.29, 0.717) is 0 Å². The summed E-state index contributed by atoms with van der Waals surface area (Å²) in [6.45, 7) is 3.90. The Morgan fingerprint density at radius 1 is 1.47 bits per heavy atom. The highest BCUT2D eigenvalue weighted by molar-refractivity contribution is 7.10. The van der Waals surface area contributed by atoms with E-state index >= 15 is 0 Å². The molecule has 2 aromatic rings. The van der Waals surface area contributed by atoms with E-state index in [2.05, 4.69) is 11.5 Å². The summed E-state index contributed by atoms with van der Waals surface area (Å²) in [4.78, 5) is 1.20. The Morgan fingerprint density at radius 3 is 2.73 bits per heavy atom. The molecule has 0 fully saturated rings. The van der Waals surface area contributed by atoms with Gasteiger partial charge in [0.25, 0.3) is 0 Å². The fraction of sp³-hybridized carbons (Fsp3) is 0.273. The van der Waals surface area contributed by atoms with Crippen molar-refractivity contribution in [3.8, 4) is 0 Å². The topological polar surface area (TPSA) is 51.2 Å². The molecule has 0 spiro atoms. The van der Waals surface area contributed by atoms with Gasteiger partial charge in [0.15, 0.2) is 0 Å². The molecule has 1 atom stereocenters. The van der Waals surface area contributed by atoms with Crippen LogP contribution in [0.5, 0.6) is 0 Å². The lowest BCUT2D eigenvalue weighted by Gasteiger charge is -2.12. The zero-order chi connectivity index (χ0) is 10.8. The average Bonchev–Trinajstić information content (AvgIpc) is 2.79. The van der Waals surface area contributed by atoms with E-state index in [4.69, 9.17) is 10.3 Å². The maximum absolute atomic E-state index is 5.59. The van der Waals surface area contributed by atoms with E-state index < -0.39 is 0 Å². The van der Waals surface area contributed by atoms with Crippen LogP contribution >= 0.6 is 11.3 Å². The van der Waals surface area contributed by atoms with Gasteiger partial charge in [0.1, 0.15) is 11.5 Å². The van der Waals surface area contributed by atoms with Crippen molar-refractivity contribution in [2.24, 2.45) is 5.84 Å². The Balaban J connectivity index is 2.39. The van der Waals surface area contributed by atoms with Crippen LogP contribution in [0.3, 0.4) is 0 Å². The number of nitrogens with one attached hydrogen (secondary N) is 1. The summed E-state index contributed by atoms with van der Waals surface area (Å²) in [5.41, 5.74) is 3.93. The van der Waals surface area contributed by atoms with Crippen molar-refractivity contribution in [3.63, 3.8) is 0 Å². The summed E-state index contributed by atoms with van der Waals surface area (Å²) in [5.74, 6) is 7.43. The smallest absolute Gasteiger partial charge is 0.106 e. The zero-order valence-corrected chi connectivity index (χ0v) is 9.60. The minimum atomic E-state index is 0.0300. The molecule has 0 aliphatic carbocycles. The third kappa shape index (κ3) is 1.97. The van der Waals surface area contributed by atoms with Crippen LogP contribution in [0.15, 0.2) is 28.0 Å². The van der Waals surface area contributed by atoms with Gasteiger partial charge in [-0.05, 0) is 31.4 Å². The summed E-state index contributed by atoms with van der Waals surface area (Å²) in [6, 6.07) is 6.14. The molecule has 0 aliphatic heterocycles. The van der Waals surface area contributed by atoms with Gasteiger partial charge >= 0.3 is 0 Å². The first-order valence-electron chi connectivity index (χ1n) is 4.79. The van der Waals surface area contributed by atoms with Crippen molar-refractivity contribution in [2.45, 2.75) is 19.9 Å². The first-order chi connectivity index (χ1) is 7.22. The number of nitrogens with two attached hydrogens (primary N) is 1. The fourth-order valence-corrected chi connectivity index (χ4v) is 2.52. The minimum Gasteiger partial charge on any atom is -0.466 e. The summed E-state index contributed by atoms with van der Waals surface area (Å²) < 4.78 is 5.50. The Hall–Kier alpha value is -1.10. The molecule has 1 unspecified atom stereocenters. The normalized spacial score (nSPS) is 13.0. The van der Waals surface area contributed by atoms with Crippen molar-refractivity contribution in [1.82, 2.24) is 5.43 Å². The Labute approximate surface area is 92.9 Å². The highest BCUT2D eigenvalue weighted by Gasteiger charge is 2.18. The molecule has 0 saturated carbocycles. The molecular weight excluding hydrogens is 208 g/mol. The summed E-state index contributed by atoms with van der Waals surface area (Å²) in [6.07, 6.45) is 0. The standard InChI is InChI=1S/C11H14N2OS/c1-7-6-9(8(2)14-7)11(13-12)10-4-3-5-15-10/h3-6,11,13H,12H2,1-2H3. The summed E-state index contributed by atoms with van der Waals surface area (Å²) >= 11 is 1.68. The van der Waals surface area contributed by atoms with Gasteiger partial charge in [0.05, 0.1) is 6.04 Å². The van der Waals surface area contributed by atoms with Crippen LogP contribution in [0.1, 0.15) is 28.0 Å². The molecular formula is C11H14N2OS. The first kappa shape index (κ1) is 10.4. The van der Waals surface area contributed by atoms with Crippen LogP contribution in [0, 0.1) is 13.8 Å². The molecule has 0 bridgehead atoms. The van der Waals surface area contributed by atoms with Crippen molar-refractivity contribution >= 4 is 11.3 Å². The van der Waals surface area contributed by atoms with Gasteiger partial charge in [-0.1, -0.05) is 6.07 Å². The first-order valence-corrected chi connectivity index (χ1v) is 5.67. The largest absolute Gasteiger partial charge is 0.466 e. The van der Waals surface area contributed by atoms with E-state index in [1.165, 1.54) is 4.88 Å². The number of hydrogen-bond donors (Lipinski definition) is 2. The van der Waals surface area contributed by atoms with Gasteiger partial charge in [0, 0.05) is 10.4 Å². The SMILES string of the molecule is Cc1cc(C(NN)c2cccs2)c(C)o1. The third-order valence-corrected chi connectivity index (χ3v) is 3.32. The zero-order valence-electron chi connectivity index (χ0n) is 8.78. The molecule has 0 aromatic carbocycles. The van der Waals surface area contributed by atoms with Crippen LogP contribution in [0.25, 0.3) is 0 Å². The van der Waals surface area contributed by atoms with Gasteiger partial charge < -0.3 is 4.42 Å². The van der Waals surface area contributed by atoms with Crippen LogP contribution in [-0.4, -0.2) is 0 Å². The van der Waals surface area contributed by atoms with Gasteiger partial charge in [0.2, 0.25) is 0 Å². The molecule has 2 heterocycles. The maximum Gasteiger partial charge on any atom is 0.106 e. The number of hydrogen-bond acceptors (Lipinski definition) is 4. The molecule has 0 radical (unpaired) electrons. The van der Waals surface area contributed by atoms with Crippen LogP contribution in [-0.2, 0) is 0 Å². The molecule has 0 amide bonds. The lowest BCUT2D eigenvalue weighted by molar-refractivity contribution is 0.495. The molecule has 4 heteroatoms. The predicted molar refractivity (Wildman–Crippen MR) is 61.7 cm³/mol. The highest BCUT2D eigenvalue weighted by atomic mass is 32.1. The van der Waals surface area contributed by atoms with Crippen molar-refractivity contribution in [2.75, 3.05) is 0 Å². The molecule has 0 saturated heterocycles. The number of aryl methyl sites for hydroxylation is 2. The quantitative estimate of drug-likeness (QED) is 0.619. The predicted octanol–water partition coefficient (Wildman–Crippen LogP) is 2.51. The maximum atomic E-state index is 5.59. The number of thiophene rings is 1. The Morgan fingerprint density at radius 2 is 2.27 bits per heavy atom. The van der Waals surface area contributed by atoms with E-state index in [9.17, 15) is 0 Å².